The number of hydrogen-bond donors (Lipinski definition) is 3. The first-order valence-corrected chi connectivity index (χ1v) is 8.86. The first-order chi connectivity index (χ1) is 10.7. The van der Waals surface area contributed by atoms with E-state index in [2.05, 4.69) is 48.7 Å². The molecule has 0 saturated carbocycles. The van der Waals surface area contributed by atoms with Crippen LogP contribution in [0.25, 0.3) is 0 Å². The second-order valence-corrected chi connectivity index (χ2v) is 6.49. The summed E-state index contributed by atoms with van der Waals surface area (Å²) in [5.74, 6) is 0. The van der Waals surface area contributed by atoms with E-state index in [-0.39, 0.29) is 12.2 Å². The second-order valence-electron chi connectivity index (χ2n) is 6.49. The summed E-state index contributed by atoms with van der Waals surface area (Å²) < 4.78 is 0. The quantitative estimate of drug-likeness (QED) is 0.631. The molecule has 0 bridgehead atoms. The van der Waals surface area contributed by atoms with Crippen LogP contribution in [0.2, 0.25) is 0 Å². The Morgan fingerprint density at radius 3 is 2.41 bits per heavy atom. The van der Waals surface area contributed by atoms with Crippen LogP contribution in [0.4, 0.5) is 0 Å². The van der Waals surface area contributed by atoms with E-state index in [1.54, 1.807) is 0 Å². The molecular formula is C19H31N3. The molecular weight excluding hydrogens is 270 g/mol. The van der Waals surface area contributed by atoms with E-state index in [1.165, 1.54) is 56.1 Å². The molecule has 2 atom stereocenters. The van der Waals surface area contributed by atoms with Crippen molar-refractivity contribution in [2.75, 3.05) is 6.54 Å². The summed E-state index contributed by atoms with van der Waals surface area (Å²) in [6, 6.07) is 9.12. The standard InChI is InChI=1S/C19H31N3/c1-3-4-5-6-7-8-9-16-10-12-17(13-11-16)19-21-14-18(20)15(2)22-19/h10-13,15,19-22H,3-9,14H2,1-2H3. The number of rotatable bonds is 8. The number of unbranched alkanes of at least 4 members (excludes halogenated alkanes) is 5. The van der Waals surface area contributed by atoms with E-state index in [4.69, 9.17) is 5.41 Å². The fourth-order valence-corrected chi connectivity index (χ4v) is 2.97. The van der Waals surface area contributed by atoms with Gasteiger partial charge in [-0.25, -0.2) is 0 Å². The van der Waals surface area contributed by atoms with E-state index in [0.717, 1.165) is 5.71 Å². The maximum absolute atomic E-state index is 7.79. The summed E-state index contributed by atoms with van der Waals surface area (Å²) in [5.41, 5.74) is 3.44. The van der Waals surface area contributed by atoms with Crippen LogP contribution in [-0.4, -0.2) is 18.3 Å². The topological polar surface area (TPSA) is 47.9 Å². The number of aryl methyl sites for hydroxylation is 1. The lowest BCUT2D eigenvalue weighted by Gasteiger charge is -2.31. The molecule has 3 heteroatoms. The maximum atomic E-state index is 7.79. The number of hydrogen-bond acceptors (Lipinski definition) is 3. The van der Waals surface area contributed by atoms with Gasteiger partial charge in [0.25, 0.3) is 0 Å². The average molecular weight is 301 g/mol. The largest absolute Gasteiger partial charge is 0.307 e. The van der Waals surface area contributed by atoms with Crippen molar-refractivity contribution in [3.8, 4) is 0 Å². The molecule has 1 heterocycles. The van der Waals surface area contributed by atoms with Gasteiger partial charge in [-0.15, -0.1) is 0 Å². The molecule has 3 N–H and O–H groups in total. The van der Waals surface area contributed by atoms with Gasteiger partial charge >= 0.3 is 0 Å². The zero-order valence-electron chi connectivity index (χ0n) is 14.1. The molecule has 2 unspecified atom stereocenters. The highest BCUT2D eigenvalue weighted by Crippen LogP contribution is 2.16. The van der Waals surface area contributed by atoms with Crippen molar-refractivity contribution in [3.05, 3.63) is 35.4 Å². The lowest BCUT2D eigenvalue weighted by molar-refractivity contribution is 0.416. The highest BCUT2D eigenvalue weighted by Gasteiger charge is 2.22. The van der Waals surface area contributed by atoms with E-state index >= 15 is 0 Å². The van der Waals surface area contributed by atoms with E-state index in [9.17, 15) is 0 Å². The van der Waals surface area contributed by atoms with Gasteiger partial charge in [-0.1, -0.05) is 63.3 Å². The lowest BCUT2D eigenvalue weighted by Crippen LogP contribution is -2.52. The van der Waals surface area contributed by atoms with Crippen LogP contribution < -0.4 is 10.6 Å². The minimum Gasteiger partial charge on any atom is -0.307 e. The predicted molar refractivity (Wildman–Crippen MR) is 94.6 cm³/mol. The molecule has 3 nitrogen and oxygen atoms in total. The molecule has 1 aromatic carbocycles. The summed E-state index contributed by atoms with van der Waals surface area (Å²) in [6.07, 6.45) is 9.50. The third kappa shape index (κ3) is 5.22. The van der Waals surface area contributed by atoms with Gasteiger partial charge in [0.15, 0.2) is 0 Å². The van der Waals surface area contributed by atoms with Gasteiger partial charge in [-0.2, -0.15) is 0 Å². The molecule has 0 aromatic heterocycles. The fourth-order valence-electron chi connectivity index (χ4n) is 2.97. The summed E-state index contributed by atoms with van der Waals surface area (Å²) in [4.78, 5) is 0. The third-order valence-electron chi connectivity index (χ3n) is 4.57. The molecule has 1 aromatic rings. The first-order valence-electron chi connectivity index (χ1n) is 8.86. The van der Waals surface area contributed by atoms with Crippen molar-refractivity contribution in [1.82, 2.24) is 10.6 Å². The summed E-state index contributed by atoms with van der Waals surface area (Å²) in [7, 11) is 0. The molecule has 0 radical (unpaired) electrons. The first kappa shape index (κ1) is 17.2. The molecule has 22 heavy (non-hydrogen) atoms. The molecule has 2 rings (SSSR count). The zero-order valence-corrected chi connectivity index (χ0v) is 14.1. The van der Waals surface area contributed by atoms with Crippen LogP contribution in [0, 0.1) is 5.41 Å². The van der Waals surface area contributed by atoms with Crippen molar-refractivity contribution in [3.63, 3.8) is 0 Å². The Kier molecular flexibility index (Phi) is 7.07. The molecule has 0 spiro atoms. The minimum atomic E-state index is 0.161. The fraction of sp³-hybridized carbons (Fsp3) is 0.632. The van der Waals surface area contributed by atoms with Crippen molar-refractivity contribution in [2.45, 2.75) is 71.0 Å². The SMILES string of the molecule is CCCCCCCCc1ccc(C2NCC(=N)C(C)N2)cc1. The van der Waals surface area contributed by atoms with Crippen LogP contribution >= 0.6 is 0 Å². The maximum Gasteiger partial charge on any atom is 0.0843 e. The Hall–Kier alpha value is -1.19. The molecule has 0 aliphatic carbocycles. The molecule has 1 aliphatic rings. The monoisotopic (exact) mass is 301 g/mol. The van der Waals surface area contributed by atoms with Crippen LogP contribution in [0.5, 0.6) is 0 Å². The summed E-state index contributed by atoms with van der Waals surface area (Å²) in [6.45, 7) is 5.00. The van der Waals surface area contributed by atoms with E-state index in [1.807, 2.05) is 0 Å². The average Bonchev–Trinajstić information content (AvgIpc) is 2.54. The van der Waals surface area contributed by atoms with Gasteiger partial charge in [0.05, 0.1) is 6.17 Å². The van der Waals surface area contributed by atoms with Gasteiger partial charge in [-0.05, 0) is 30.9 Å². The lowest BCUT2D eigenvalue weighted by atomic mass is 10.0. The van der Waals surface area contributed by atoms with Gasteiger partial charge < -0.3 is 5.41 Å². The normalized spacial score (nSPS) is 22.0. The van der Waals surface area contributed by atoms with E-state index < -0.39 is 0 Å². The van der Waals surface area contributed by atoms with Crippen molar-refractivity contribution >= 4 is 5.71 Å². The predicted octanol–water partition coefficient (Wildman–Crippen LogP) is 4.19. The molecule has 1 saturated heterocycles. The van der Waals surface area contributed by atoms with Gasteiger partial charge in [0, 0.05) is 18.3 Å². The smallest absolute Gasteiger partial charge is 0.0843 e. The van der Waals surface area contributed by atoms with Gasteiger partial charge in [0.1, 0.15) is 0 Å². The van der Waals surface area contributed by atoms with E-state index in [0.29, 0.717) is 6.54 Å². The highest BCUT2D eigenvalue weighted by molar-refractivity contribution is 5.88. The highest BCUT2D eigenvalue weighted by atomic mass is 15.2. The Bertz CT molecular complexity index is 452. The van der Waals surface area contributed by atoms with Gasteiger partial charge in [0.2, 0.25) is 0 Å². The van der Waals surface area contributed by atoms with Crippen LogP contribution in [0.3, 0.4) is 0 Å². The zero-order chi connectivity index (χ0) is 15.8. The minimum absolute atomic E-state index is 0.161. The molecule has 0 amide bonds. The molecule has 1 aliphatic heterocycles. The molecule has 1 fully saturated rings. The Balaban J connectivity index is 1.74. The van der Waals surface area contributed by atoms with Crippen molar-refractivity contribution in [2.24, 2.45) is 0 Å². The van der Waals surface area contributed by atoms with Crippen LogP contribution in [0.15, 0.2) is 24.3 Å². The third-order valence-corrected chi connectivity index (χ3v) is 4.57. The summed E-state index contributed by atoms with van der Waals surface area (Å²) >= 11 is 0. The molecule has 122 valence electrons. The van der Waals surface area contributed by atoms with Gasteiger partial charge in [-0.3, -0.25) is 10.6 Å². The Labute approximate surface area is 135 Å². The Morgan fingerprint density at radius 2 is 1.73 bits per heavy atom. The number of nitrogens with one attached hydrogen (secondary N) is 3. The number of benzene rings is 1. The Morgan fingerprint density at radius 1 is 1.05 bits per heavy atom. The second kappa shape index (κ2) is 9.06. The van der Waals surface area contributed by atoms with Crippen LogP contribution in [0.1, 0.15) is 69.7 Å². The summed E-state index contributed by atoms with van der Waals surface area (Å²) in [5, 5.41) is 14.6. The van der Waals surface area contributed by atoms with Crippen molar-refractivity contribution in [1.29, 1.82) is 5.41 Å². The van der Waals surface area contributed by atoms with Crippen molar-refractivity contribution < 1.29 is 0 Å². The van der Waals surface area contributed by atoms with Crippen LogP contribution in [-0.2, 0) is 6.42 Å².